The molecule has 2 N–H and O–H groups in total. The van der Waals surface area contributed by atoms with E-state index in [0.29, 0.717) is 27.2 Å². The van der Waals surface area contributed by atoms with Gasteiger partial charge < -0.3 is 5.73 Å². The number of carbonyl (C=O) groups is 1. The molecule has 0 heterocycles. The lowest BCUT2D eigenvalue weighted by Gasteiger charge is -2.08. The first-order valence-electron chi connectivity index (χ1n) is 6.19. The summed E-state index contributed by atoms with van der Waals surface area (Å²) in [5.74, 6) is 0.442. The van der Waals surface area contributed by atoms with E-state index in [1.807, 2.05) is 24.3 Å². The monoisotopic (exact) mass is 317 g/mol. The molecule has 0 bridgehead atoms. The van der Waals surface area contributed by atoms with E-state index >= 15 is 0 Å². The Morgan fingerprint density at radius 3 is 2.32 bits per heavy atom. The van der Waals surface area contributed by atoms with Crippen LogP contribution in [0.5, 0.6) is 0 Å². The topological polar surface area (TPSA) is 43.1 Å². The fraction of sp³-hybridized carbons (Fsp3) is 0.188. The lowest BCUT2D eigenvalue weighted by molar-refractivity contribution is 0.103. The van der Waals surface area contributed by atoms with E-state index in [9.17, 15) is 4.79 Å². The number of ketones is 1. The van der Waals surface area contributed by atoms with Gasteiger partial charge in [0.15, 0.2) is 5.78 Å². The van der Waals surface area contributed by atoms with Crippen LogP contribution in [0.1, 0.15) is 41.3 Å². The van der Waals surface area contributed by atoms with Crippen molar-refractivity contribution in [3.8, 4) is 0 Å². The van der Waals surface area contributed by atoms with Crippen molar-refractivity contribution in [2.24, 2.45) is 0 Å². The summed E-state index contributed by atoms with van der Waals surface area (Å²) in [5.41, 5.74) is 8.87. The SMILES string of the molecule is CC(C)c1ccc(C(=O)c2cccc(N)c2Br)cc1. The summed E-state index contributed by atoms with van der Waals surface area (Å²) in [4.78, 5) is 12.4. The third kappa shape index (κ3) is 2.87. The minimum atomic E-state index is -0.0190. The number of hydrogen-bond acceptors (Lipinski definition) is 2. The Kier molecular flexibility index (Phi) is 4.05. The van der Waals surface area contributed by atoms with Crippen LogP contribution in [-0.2, 0) is 0 Å². The van der Waals surface area contributed by atoms with Gasteiger partial charge in [-0.2, -0.15) is 0 Å². The molecule has 0 aromatic heterocycles. The van der Waals surface area contributed by atoms with Gasteiger partial charge in [-0.3, -0.25) is 4.79 Å². The van der Waals surface area contributed by atoms with E-state index in [-0.39, 0.29) is 5.78 Å². The molecule has 2 aromatic carbocycles. The largest absolute Gasteiger partial charge is 0.398 e. The fourth-order valence-corrected chi connectivity index (χ4v) is 2.34. The second-order valence-corrected chi connectivity index (χ2v) is 5.61. The maximum Gasteiger partial charge on any atom is 0.194 e. The Bertz CT molecular complexity index is 603. The van der Waals surface area contributed by atoms with Crippen LogP contribution >= 0.6 is 15.9 Å². The molecular formula is C16H16BrNO. The van der Waals surface area contributed by atoms with E-state index in [4.69, 9.17) is 5.73 Å². The molecule has 0 saturated carbocycles. The van der Waals surface area contributed by atoms with Crippen LogP contribution in [0.3, 0.4) is 0 Å². The molecule has 0 fully saturated rings. The van der Waals surface area contributed by atoms with Crippen LogP contribution < -0.4 is 5.73 Å². The fourth-order valence-electron chi connectivity index (χ4n) is 1.90. The summed E-state index contributed by atoms with van der Waals surface area (Å²) in [7, 11) is 0. The molecule has 19 heavy (non-hydrogen) atoms. The van der Waals surface area contributed by atoms with E-state index in [1.54, 1.807) is 18.2 Å². The molecule has 2 rings (SSSR count). The minimum absolute atomic E-state index is 0.0190. The van der Waals surface area contributed by atoms with Crippen molar-refractivity contribution in [1.82, 2.24) is 0 Å². The summed E-state index contributed by atoms with van der Waals surface area (Å²) in [6.07, 6.45) is 0. The van der Waals surface area contributed by atoms with Gasteiger partial charge >= 0.3 is 0 Å². The van der Waals surface area contributed by atoms with Gasteiger partial charge in [-0.15, -0.1) is 0 Å². The maximum absolute atomic E-state index is 12.4. The Morgan fingerprint density at radius 2 is 1.74 bits per heavy atom. The number of hydrogen-bond donors (Lipinski definition) is 1. The predicted molar refractivity (Wildman–Crippen MR) is 82.5 cm³/mol. The molecule has 2 nitrogen and oxygen atoms in total. The highest BCUT2D eigenvalue weighted by Gasteiger charge is 2.14. The number of halogens is 1. The van der Waals surface area contributed by atoms with Crippen LogP contribution in [0.15, 0.2) is 46.9 Å². The first-order chi connectivity index (χ1) is 9.00. The summed E-state index contributed by atoms with van der Waals surface area (Å²) in [5, 5.41) is 0. The molecule has 2 aromatic rings. The standard InChI is InChI=1S/C16H16BrNO/c1-10(2)11-6-8-12(9-7-11)16(19)13-4-3-5-14(18)15(13)17/h3-10H,18H2,1-2H3. The Hall–Kier alpha value is -1.61. The normalized spacial score (nSPS) is 10.7. The molecule has 0 aliphatic carbocycles. The van der Waals surface area contributed by atoms with Crippen molar-refractivity contribution in [2.45, 2.75) is 19.8 Å². The zero-order chi connectivity index (χ0) is 14.0. The zero-order valence-electron chi connectivity index (χ0n) is 11.0. The van der Waals surface area contributed by atoms with Crippen molar-refractivity contribution < 1.29 is 4.79 Å². The number of rotatable bonds is 3. The van der Waals surface area contributed by atoms with Crippen molar-refractivity contribution in [3.05, 3.63) is 63.6 Å². The van der Waals surface area contributed by atoms with Crippen LogP contribution in [0.25, 0.3) is 0 Å². The third-order valence-electron chi connectivity index (χ3n) is 3.11. The molecule has 3 heteroatoms. The summed E-state index contributed by atoms with van der Waals surface area (Å²) >= 11 is 3.37. The highest BCUT2D eigenvalue weighted by atomic mass is 79.9. The van der Waals surface area contributed by atoms with E-state index in [1.165, 1.54) is 5.56 Å². The average molecular weight is 318 g/mol. The molecule has 0 unspecified atom stereocenters. The molecule has 0 spiro atoms. The van der Waals surface area contributed by atoms with Gasteiger partial charge in [0.1, 0.15) is 0 Å². The number of nitrogens with two attached hydrogens (primary N) is 1. The maximum atomic E-state index is 12.4. The number of carbonyl (C=O) groups excluding carboxylic acids is 1. The summed E-state index contributed by atoms with van der Waals surface area (Å²) < 4.78 is 0.660. The van der Waals surface area contributed by atoms with Gasteiger partial charge in [-0.05, 0) is 39.5 Å². The molecule has 0 atom stereocenters. The summed E-state index contributed by atoms with van der Waals surface area (Å²) in [6, 6.07) is 13.1. The van der Waals surface area contributed by atoms with E-state index < -0.39 is 0 Å². The van der Waals surface area contributed by atoms with Crippen LogP contribution in [0.4, 0.5) is 5.69 Å². The van der Waals surface area contributed by atoms with Gasteiger partial charge in [0, 0.05) is 16.8 Å². The van der Waals surface area contributed by atoms with E-state index in [0.717, 1.165) is 0 Å². The number of nitrogen functional groups attached to an aromatic ring is 1. The Balaban J connectivity index is 2.36. The number of benzene rings is 2. The Morgan fingerprint density at radius 1 is 1.11 bits per heavy atom. The van der Waals surface area contributed by atoms with Crippen molar-refractivity contribution >= 4 is 27.4 Å². The highest BCUT2D eigenvalue weighted by molar-refractivity contribution is 9.10. The predicted octanol–water partition coefficient (Wildman–Crippen LogP) is 4.39. The minimum Gasteiger partial charge on any atom is -0.398 e. The first kappa shape index (κ1) is 13.8. The van der Waals surface area contributed by atoms with Crippen LogP contribution in [-0.4, -0.2) is 5.78 Å². The van der Waals surface area contributed by atoms with Gasteiger partial charge in [0.05, 0.1) is 4.47 Å². The zero-order valence-corrected chi connectivity index (χ0v) is 12.6. The third-order valence-corrected chi connectivity index (χ3v) is 4.00. The van der Waals surface area contributed by atoms with Gasteiger partial charge in [0.2, 0.25) is 0 Å². The molecule has 0 amide bonds. The first-order valence-corrected chi connectivity index (χ1v) is 6.98. The lowest BCUT2D eigenvalue weighted by Crippen LogP contribution is -2.04. The quantitative estimate of drug-likeness (QED) is 0.674. The lowest BCUT2D eigenvalue weighted by atomic mass is 9.98. The molecular weight excluding hydrogens is 302 g/mol. The summed E-state index contributed by atoms with van der Waals surface area (Å²) in [6.45, 7) is 4.26. The highest BCUT2D eigenvalue weighted by Crippen LogP contribution is 2.26. The molecule has 0 radical (unpaired) electrons. The van der Waals surface area contributed by atoms with Crippen LogP contribution in [0, 0.1) is 0 Å². The van der Waals surface area contributed by atoms with Crippen molar-refractivity contribution in [2.75, 3.05) is 5.73 Å². The van der Waals surface area contributed by atoms with Crippen molar-refractivity contribution in [1.29, 1.82) is 0 Å². The molecule has 98 valence electrons. The van der Waals surface area contributed by atoms with Crippen molar-refractivity contribution in [3.63, 3.8) is 0 Å². The molecule has 0 aliphatic heterocycles. The second kappa shape index (κ2) is 5.57. The second-order valence-electron chi connectivity index (χ2n) is 4.81. The smallest absolute Gasteiger partial charge is 0.194 e. The van der Waals surface area contributed by atoms with E-state index in [2.05, 4.69) is 29.8 Å². The van der Waals surface area contributed by atoms with Gasteiger partial charge in [-0.25, -0.2) is 0 Å². The Labute approximate surface area is 121 Å². The molecule has 0 aliphatic rings. The van der Waals surface area contributed by atoms with Gasteiger partial charge in [0.25, 0.3) is 0 Å². The number of anilines is 1. The van der Waals surface area contributed by atoms with Crippen LogP contribution in [0.2, 0.25) is 0 Å². The van der Waals surface area contributed by atoms with Gasteiger partial charge in [-0.1, -0.05) is 44.2 Å². The molecule has 0 saturated heterocycles. The average Bonchev–Trinajstić information content (AvgIpc) is 2.41.